The monoisotopic (exact) mass is 309 g/mol. The Morgan fingerprint density at radius 1 is 1.43 bits per heavy atom. The maximum Gasteiger partial charge on any atom is 0.275 e. The Balaban J connectivity index is 1.97. The van der Waals surface area contributed by atoms with Gasteiger partial charge in [0, 0.05) is 18.7 Å². The number of aromatic nitrogens is 2. The Kier molecular flexibility index (Phi) is 3.65. The van der Waals surface area contributed by atoms with Gasteiger partial charge in [-0.25, -0.2) is 4.39 Å². The summed E-state index contributed by atoms with van der Waals surface area (Å²) in [6.45, 7) is 0.367. The molecule has 1 aromatic heterocycles. The molecule has 110 valence electrons. The molecule has 1 aliphatic rings. The van der Waals surface area contributed by atoms with E-state index in [9.17, 15) is 14.3 Å². The van der Waals surface area contributed by atoms with Crippen LogP contribution in [0.4, 0.5) is 4.39 Å². The molecule has 7 heteroatoms. The van der Waals surface area contributed by atoms with Crippen LogP contribution >= 0.6 is 11.6 Å². The van der Waals surface area contributed by atoms with Crippen LogP contribution < -0.4 is 10.9 Å². The number of aromatic hydroxyl groups is 1. The summed E-state index contributed by atoms with van der Waals surface area (Å²) < 4.78 is 14.3. The van der Waals surface area contributed by atoms with Crippen LogP contribution in [0.2, 0.25) is 5.02 Å². The molecule has 2 N–H and O–H groups in total. The molecule has 0 aliphatic heterocycles. The fourth-order valence-corrected chi connectivity index (χ4v) is 2.11. The summed E-state index contributed by atoms with van der Waals surface area (Å²) in [7, 11) is 0. The minimum absolute atomic E-state index is 0.0908. The molecule has 1 fully saturated rings. The standard InChI is InChI=1S/C14H13ClFN3O2/c15-10-5-9(3-4-11(10)16)19-14(21)6-13(20)12(18-19)7-17-8-1-2-8/h3-6,8,17,20H,1-2,7H2. The lowest BCUT2D eigenvalue weighted by Gasteiger charge is -2.10. The lowest BCUT2D eigenvalue weighted by atomic mass is 10.3. The average molecular weight is 310 g/mol. The quantitative estimate of drug-likeness (QED) is 0.906. The number of nitrogens with zero attached hydrogens (tertiary/aromatic N) is 2. The van der Waals surface area contributed by atoms with Crippen molar-refractivity contribution in [3.8, 4) is 11.4 Å². The van der Waals surface area contributed by atoms with Gasteiger partial charge in [-0.2, -0.15) is 9.78 Å². The molecule has 1 heterocycles. The first-order valence-electron chi connectivity index (χ1n) is 6.55. The topological polar surface area (TPSA) is 67.2 Å². The molecular weight excluding hydrogens is 297 g/mol. The summed E-state index contributed by atoms with van der Waals surface area (Å²) >= 11 is 5.72. The summed E-state index contributed by atoms with van der Waals surface area (Å²) in [6, 6.07) is 5.44. The van der Waals surface area contributed by atoms with Crippen molar-refractivity contribution in [1.82, 2.24) is 15.1 Å². The van der Waals surface area contributed by atoms with Crippen LogP contribution in [0.25, 0.3) is 5.69 Å². The van der Waals surface area contributed by atoms with Crippen molar-refractivity contribution < 1.29 is 9.50 Å². The van der Waals surface area contributed by atoms with Gasteiger partial charge in [-0.3, -0.25) is 4.79 Å². The molecule has 1 aromatic carbocycles. The van der Waals surface area contributed by atoms with Crippen LogP contribution in [0.5, 0.6) is 5.75 Å². The third kappa shape index (κ3) is 3.06. The van der Waals surface area contributed by atoms with Gasteiger partial charge >= 0.3 is 0 Å². The lowest BCUT2D eigenvalue weighted by Crippen LogP contribution is -2.24. The summed E-state index contributed by atoms with van der Waals surface area (Å²) in [5.74, 6) is -0.722. The summed E-state index contributed by atoms with van der Waals surface area (Å²) in [4.78, 5) is 11.9. The molecule has 0 atom stereocenters. The third-order valence-corrected chi connectivity index (χ3v) is 3.56. The van der Waals surface area contributed by atoms with Crippen LogP contribution in [0.15, 0.2) is 29.1 Å². The van der Waals surface area contributed by atoms with E-state index in [1.54, 1.807) is 0 Å². The van der Waals surface area contributed by atoms with Gasteiger partial charge < -0.3 is 10.4 Å². The van der Waals surface area contributed by atoms with Crippen molar-refractivity contribution >= 4 is 11.6 Å². The molecule has 0 saturated heterocycles. The van der Waals surface area contributed by atoms with Crippen LogP contribution in [-0.4, -0.2) is 20.9 Å². The lowest BCUT2D eigenvalue weighted by molar-refractivity contribution is 0.451. The van der Waals surface area contributed by atoms with Crippen LogP contribution in [0, 0.1) is 5.82 Å². The normalized spacial score (nSPS) is 14.4. The van der Waals surface area contributed by atoms with Crippen molar-refractivity contribution in [2.45, 2.75) is 25.4 Å². The number of halogens is 2. The molecular formula is C14H13ClFN3O2. The van der Waals surface area contributed by atoms with E-state index >= 15 is 0 Å². The molecule has 0 radical (unpaired) electrons. The molecule has 1 saturated carbocycles. The van der Waals surface area contributed by atoms with Gasteiger partial charge in [0.05, 0.1) is 10.7 Å². The fourth-order valence-electron chi connectivity index (χ4n) is 1.94. The number of benzene rings is 1. The maximum absolute atomic E-state index is 13.2. The molecule has 0 bridgehead atoms. The van der Waals surface area contributed by atoms with E-state index in [0.29, 0.717) is 24.0 Å². The first kappa shape index (κ1) is 14.0. The largest absolute Gasteiger partial charge is 0.506 e. The second kappa shape index (κ2) is 5.46. The predicted molar refractivity (Wildman–Crippen MR) is 76.3 cm³/mol. The van der Waals surface area contributed by atoms with E-state index in [1.807, 2.05) is 0 Å². The summed E-state index contributed by atoms with van der Waals surface area (Å²) in [5, 5.41) is 17.0. The van der Waals surface area contributed by atoms with Gasteiger partial charge in [0.15, 0.2) is 0 Å². The molecule has 21 heavy (non-hydrogen) atoms. The second-order valence-electron chi connectivity index (χ2n) is 4.98. The van der Waals surface area contributed by atoms with E-state index in [-0.39, 0.29) is 10.8 Å². The average Bonchev–Trinajstić information content (AvgIpc) is 3.25. The smallest absolute Gasteiger partial charge is 0.275 e. The molecule has 0 unspecified atom stereocenters. The fraction of sp³-hybridized carbons (Fsp3) is 0.286. The Morgan fingerprint density at radius 2 is 2.19 bits per heavy atom. The molecule has 0 spiro atoms. The predicted octanol–water partition coefficient (Wildman–Crippen LogP) is 1.98. The van der Waals surface area contributed by atoms with Crippen molar-refractivity contribution in [3.63, 3.8) is 0 Å². The summed E-state index contributed by atoms with van der Waals surface area (Å²) in [5.41, 5.74) is 0.200. The van der Waals surface area contributed by atoms with Crippen LogP contribution in [0.1, 0.15) is 18.5 Å². The van der Waals surface area contributed by atoms with Gasteiger partial charge in [0.1, 0.15) is 17.3 Å². The Morgan fingerprint density at radius 3 is 2.86 bits per heavy atom. The molecule has 0 amide bonds. The third-order valence-electron chi connectivity index (χ3n) is 3.27. The van der Waals surface area contributed by atoms with Crippen LogP contribution in [-0.2, 0) is 6.54 Å². The molecule has 3 rings (SSSR count). The minimum Gasteiger partial charge on any atom is -0.506 e. The van der Waals surface area contributed by atoms with Gasteiger partial charge in [-0.05, 0) is 31.0 Å². The Labute approximate surface area is 125 Å². The molecule has 1 aliphatic carbocycles. The SMILES string of the molecule is O=c1cc(O)c(CNC2CC2)nn1-c1ccc(F)c(Cl)c1. The highest BCUT2D eigenvalue weighted by atomic mass is 35.5. The highest BCUT2D eigenvalue weighted by molar-refractivity contribution is 6.30. The van der Waals surface area contributed by atoms with E-state index in [0.717, 1.165) is 23.6 Å². The van der Waals surface area contributed by atoms with Crippen molar-refractivity contribution in [2.24, 2.45) is 0 Å². The van der Waals surface area contributed by atoms with Crippen molar-refractivity contribution in [2.75, 3.05) is 0 Å². The number of rotatable bonds is 4. The number of hydrogen-bond donors (Lipinski definition) is 2. The van der Waals surface area contributed by atoms with Gasteiger partial charge in [0.25, 0.3) is 5.56 Å². The molecule has 5 nitrogen and oxygen atoms in total. The second-order valence-corrected chi connectivity index (χ2v) is 5.39. The Hall–Kier alpha value is -1.92. The molecule has 2 aromatic rings. The van der Waals surface area contributed by atoms with E-state index in [2.05, 4.69) is 10.4 Å². The van der Waals surface area contributed by atoms with Crippen molar-refractivity contribution in [3.05, 3.63) is 51.2 Å². The van der Waals surface area contributed by atoms with E-state index in [4.69, 9.17) is 11.6 Å². The maximum atomic E-state index is 13.2. The highest BCUT2D eigenvalue weighted by Crippen LogP contribution is 2.21. The van der Waals surface area contributed by atoms with Gasteiger partial charge in [-0.15, -0.1) is 0 Å². The van der Waals surface area contributed by atoms with Crippen LogP contribution in [0.3, 0.4) is 0 Å². The van der Waals surface area contributed by atoms with E-state index < -0.39 is 11.4 Å². The van der Waals surface area contributed by atoms with Crippen molar-refractivity contribution in [1.29, 1.82) is 0 Å². The Bertz CT molecular complexity index is 743. The number of nitrogens with one attached hydrogen (secondary N) is 1. The van der Waals surface area contributed by atoms with Gasteiger partial charge in [-0.1, -0.05) is 11.6 Å². The van der Waals surface area contributed by atoms with E-state index in [1.165, 1.54) is 18.2 Å². The van der Waals surface area contributed by atoms with Gasteiger partial charge in [0.2, 0.25) is 0 Å². The first-order valence-corrected chi connectivity index (χ1v) is 6.93. The summed E-state index contributed by atoms with van der Waals surface area (Å²) in [6.07, 6.45) is 2.21. The zero-order chi connectivity index (χ0) is 15.0. The zero-order valence-corrected chi connectivity index (χ0v) is 11.8. The number of hydrogen-bond acceptors (Lipinski definition) is 4. The highest BCUT2D eigenvalue weighted by Gasteiger charge is 2.21. The first-order chi connectivity index (χ1) is 10.0. The zero-order valence-electron chi connectivity index (χ0n) is 11.0. The minimum atomic E-state index is -0.567.